The molecule has 0 spiro atoms. The van der Waals surface area contributed by atoms with Crippen LogP contribution in [0.15, 0.2) is 64.1 Å². The molecule has 4 rings (SSSR count). The van der Waals surface area contributed by atoms with Crippen LogP contribution in [0.4, 0.5) is 0 Å². The van der Waals surface area contributed by atoms with Gasteiger partial charge in [0.25, 0.3) is 5.56 Å². The molecule has 2 aromatic carbocycles. The van der Waals surface area contributed by atoms with Gasteiger partial charge in [-0.25, -0.2) is 9.78 Å². The number of Topliss-reactive ketones (excluding diaryl/α,β-unsaturated/α-hetero) is 1. The molecule has 0 aliphatic heterocycles. The van der Waals surface area contributed by atoms with Gasteiger partial charge in [0.2, 0.25) is 0 Å². The summed E-state index contributed by atoms with van der Waals surface area (Å²) in [5.41, 5.74) is 2.45. The lowest BCUT2D eigenvalue weighted by atomic mass is 9.97. The number of nitrogens with zero attached hydrogens (tertiary/aromatic N) is 2. The Morgan fingerprint density at radius 3 is 2.59 bits per heavy atom. The molecule has 0 fully saturated rings. The molecular weight excluding hydrogens is 472 g/mol. The topological polar surface area (TPSA) is 78.3 Å². The predicted octanol–water partition coefficient (Wildman–Crippen LogP) is 5.70. The fourth-order valence-corrected chi connectivity index (χ4v) is 5.03. The number of rotatable bonds is 8. The third kappa shape index (κ3) is 5.59. The summed E-state index contributed by atoms with van der Waals surface area (Å²) in [5, 5.41) is 1.45. The number of hydrogen-bond acceptors (Lipinski definition) is 6. The number of methoxy groups -OCH3 is 1. The highest BCUT2D eigenvalue weighted by molar-refractivity contribution is 7.99. The van der Waals surface area contributed by atoms with Crippen LogP contribution >= 0.6 is 23.4 Å². The van der Waals surface area contributed by atoms with Gasteiger partial charge in [0, 0.05) is 17.1 Å². The molecule has 0 unspecified atom stereocenters. The van der Waals surface area contributed by atoms with Crippen molar-refractivity contribution in [1.82, 2.24) is 9.55 Å². The number of carbonyl (C=O) groups is 2. The van der Waals surface area contributed by atoms with Crippen LogP contribution in [0.5, 0.6) is 0 Å². The minimum Gasteiger partial charge on any atom is -0.465 e. The summed E-state index contributed by atoms with van der Waals surface area (Å²) in [4.78, 5) is 42.8. The maximum atomic E-state index is 13.4. The lowest BCUT2D eigenvalue weighted by molar-refractivity contribution is 0.0600. The van der Waals surface area contributed by atoms with Crippen molar-refractivity contribution in [3.63, 3.8) is 0 Å². The van der Waals surface area contributed by atoms with Crippen LogP contribution in [0.3, 0.4) is 0 Å². The summed E-state index contributed by atoms with van der Waals surface area (Å²) < 4.78 is 6.44. The van der Waals surface area contributed by atoms with Crippen molar-refractivity contribution in [1.29, 1.82) is 0 Å². The fourth-order valence-electron chi connectivity index (χ4n) is 3.99. The molecule has 0 radical (unpaired) electrons. The molecule has 3 aromatic rings. The normalized spacial score (nSPS) is 13.5. The molecule has 0 amide bonds. The Morgan fingerprint density at radius 1 is 1.12 bits per heavy atom. The number of halogens is 1. The van der Waals surface area contributed by atoms with Gasteiger partial charge < -0.3 is 4.74 Å². The molecule has 0 saturated heterocycles. The quantitative estimate of drug-likeness (QED) is 0.131. The number of thioether (sulfide) groups is 1. The Balaban J connectivity index is 1.66. The van der Waals surface area contributed by atoms with Crippen LogP contribution < -0.4 is 5.56 Å². The van der Waals surface area contributed by atoms with Crippen molar-refractivity contribution in [3.05, 3.63) is 80.6 Å². The summed E-state index contributed by atoms with van der Waals surface area (Å²) in [6.45, 7) is 0.490. The van der Waals surface area contributed by atoms with E-state index in [4.69, 9.17) is 16.3 Å². The molecule has 8 heteroatoms. The van der Waals surface area contributed by atoms with Crippen LogP contribution in [-0.2, 0) is 11.3 Å². The minimum absolute atomic E-state index is 0.0825. The molecule has 0 N–H and O–H groups in total. The number of hydrogen-bond donors (Lipinski definition) is 0. The largest absolute Gasteiger partial charge is 0.465 e. The Morgan fingerprint density at radius 2 is 1.88 bits per heavy atom. The van der Waals surface area contributed by atoms with E-state index in [1.54, 1.807) is 47.0 Å². The van der Waals surface area contributed by atoms with E-state index in [0.717, 1.165) is 19.3 Å². The first-order valence-corrected chi connectivity index (χ1v) is 12.5. The van der Waals surface area contributed by atoms with Crippen molar-refractivity contribution in [2.45, 2.75) is 43.8 Å². The molecule has 1 heterocycles. The number of fused-ring (bicyclic) bond motifs is 1. The van der Waals surface area contributed by atoms with E-state index in [1.807, 2.05) is 0 Å². The van der Waals surface area contributed by atoms with Crippen LogP contribution in [0.25, 0.3) is 10.9 Å². The Bertz CT molecular complexity index is 1310. The van der Waals surface area contributed by atoms with Crippen molar-refractivity contribution >= 4 is 46.0 Å². The first-order chi connectivity index (χ1) is 16.5. The number of benzene rings is 2. The maximum absolute atomic E-state index is 13.4. The number of ether oxygens (including phenoxy) is 1. The first-order valence-electron chi connectivity index (χ1n) is 11.2. The number of aromatic nitrogens is 2. The van der Waals surface area contributed by atoms with Gasteiger partial charge in [0.1, 0.15) is 0 Å². The zero-order chi connectivity index (χ0) is 24.1. The van der Waals surface area contributed by atoms with Crippen molar-refractivity contribution in [2.75, 3.05) is 12.9 Å². The lowest BCUT2D eigenvalue weighted by Crippen LogP contribution is -2.24. The molecule has 0 saturated carbocycles. The Labute approximate surface area is 207 Å². The Kier molecular flexibility index (Phi) is 7.85. The number of carbonyl (C=O) groups excluding carboxylic acids is 2. The van der Waals surface area contributed by atoms with Gasteiger partial charge in [-0.3, -0.25) is 14.2 Å². The number of esters is 1. The lowest BCUT2D eigenvalue weighted by Gasteiger charge is -2.16. The SMILES string of the molecule is COC(=O)c1ccc2c(=O)n(CCC3=CCCCC3)c(SCC(=O)c3ccc(Cl)cc3)nc2c1. The third-order valence-electron chi connectivity index (χ3n) is 5.88. The number of allylic oxidation sites excluding steroid dienone is 2. The fraction of sp³-hybridized carbons (Fsp3) is 0.308. The predicted molar refractivity (Wildman–Crippen MR) is 135 cm³/mol. The van der Waals surface area contributed by atoms with Crippen LogP contribution in [0.1, 0.15) is 52.8 Å². The van der Waals surface area contributed by atoms with Gasteiger partial charge >= 0.3 is 5.97 Å². The van der Waals surface area contributed by atoms with Crippen molar-refractivity contribution < 1.29 is 14.3 Å². The van der Waals surface area contributed by atoms with Crippen LogP contribution in [-0.4, -0.2) is 34.2 Å². The molecular formula is C26H25ClN2O4S. The summed E-state index contributed by atoms with van der Waals surface area (Å²) in [6.07, 6.45) is 7.54. The van der Waals surface area contributed by atoms with Gasteiger partial charge in [-0.15, -0.1) is 0 Å². The number of ketones is 1. The van der Waals surface area contributed by atoms with E-state index in [1.165, 1.54) is 37.3 Å². The van der Waals surface area contributed by atoms with Gasteiger partial charge in [0.05, 0.1) is 29.3 Å². The minimum atomic E-state index is -0.496. The summed E-state index contributed by atoms with van der Waals surface area (Å²) in [6, 6.07) is 11.5. The second-order valence-corrected chi connectivity index (χ2v) is 9.53. The third-order valence-corrected chi connectivity index (χ3v) is 7.11. The van der Waals surface area contributed by atoms with Gasteiger partial charge in [-0.1, -0.05) is 35.0 Å². The molecule has 0 atom stereocenters. The van der Waals surface area contributed by atoms with Crippen molar-refractivity contribution in [3.8, 4) is 0 Å². The monoisotopic (exact) mass is 496 g/mol. The highest BCUT2D eigenvalue weighted by Crippen LogP contribution is 2.24. The van der Waals surface area contributed by atoms with Crippen LogP contribution in [0, 0.1) is 0 Å². The average molecular weight is 497 g/mol. The van der Waals surface area contributed by atoms with E-state index in [9.17, 15) is 14.4 Å². The zero-order valence-electron chi connectivity index (χ0n) is 18.9. The molecule has 176 valence electrons. The second-order valence-electron chi connectivity index (χ2n) is 8.15. The first kappa shape index (κ1) is 24.2. The molecule has 1 aliphatic carbocycles. The highest BCUT2D eigenvalue weighted by atomic mass is 35.5. The molecule has 6 nitrogen and oxygen atoms in total. The van der Waals surface area contributed by atoms with E-state index in [-0.39, 0.29) is 17.1 Å². The smallest absolute Gasteiger partial charge is 0.337 e. The van der Waals surface area contributed by atoms with Crippen LogP contribution in [0.2, 0.25) is 5.02 Å². The molecule has 34 heavy (non-hydrogen) atoms. The summed E-state index contributed by atoms with van der Waals surface area (Å²) >= 11 is 7.15. The maximum Gasteiger partial charge on any atom is 0.337 e. The van der Waals surface area contributed by atoms with E-state index >= 15 is 0 Å². The van der Waals surface area contributed by atoms with Gasteiger partial charge in [-0.05, 0) is 74.6 Å². The van der Waals surface area contributed by atoms with Gasteiger partial charge in [0.15, 0.2) is 10.9 Å². The molecule has 1 aromatic heterocycles. The summed E-state index contributed by atoms with van der Waals surface area (Å²) in [5.74, 6) is -0.455. The Hall–Kier alpha value is -2.90. The summed E-state index contributed by atoms with van der Waals surface area (Å²) in [7, 11) is 1.31. The van der Waals surface area contributed by atoms with E-state index < -0.39 is 5.97 Å². The van der Waals surface area contributed by atoms with Crippen molar-refractivity contribution in [2.24, 2.45) is 0 Å². The molecule has 1 aliphatic rings. The highest BCUT2D eigenvalue weighted by Gasteiger charge is 2.17. The zero-order valence-corrected chi connectivity index (χ0v) is 20.5. The molecule has 0 bridgehead atoms. The van der Waals surface area contributed by atoms with Gasteiger partial charge in [-0.2, -0.15) is 0 Å². The van der Waals surface area contributed by atoms with E-state index in [0.29, 0.717) is 38.8 Å². The second kappa shape index (κ2) is 11.0. The van der Waals surface area contributed by atoms with E-state index in [2.05, 4.69) is 11.1 Å². The standard InChI is InChI=1S/C26H25ClN2O4S/c1-33-25(32)19-9-12-21-22(15-19)28-26(34-16-23(30)18-7-10-20(27)11-8-18)29(24(21)31)14-13-17-5-3-2-4-6-17/h5,7-12,15H,2-4,6,13-14,16H2,1H3. The average Bonchev–Trinajstić information content (AvgIpc) is 2.87.